The first-order valence-corrected chi connectivity index (χ1v) is 6.73. The van der Waals surface area contributed by atoms with E-state index in [0.717, 1.165) is 5.56 Å². The lowest BCUT2D eigenvalue weighted by Crippen LogP contribution is -2.69. The van der Waals surface area contributed by atoms with Crippen molar-refractivity contribution in [2.75, 3.05) is 0 Å². The van der Waals surface area contributed by atoms with Crippen LogP contribution in [0.4, 0.5) is 0 Å². The maximum atomic E-state index is 10.4. The van der Waals surface area contributed by atoms with Crippen LogP contribution in [0.25, 0.3) is 0 Å². The zero-order chi connectivity index (χ0) is 15.2. The molecule has 0 radical (unpaired) electrons. The molecule has 7 nitrogen and oxygen atoms in total. The molecular weight excluding hydrogens is 274 g/mol. The minimum atomic E-state index is -4.27. The number of aliphatic hydroxyl groups is 1. The van der Waals surface area contributed by atoms with Crippen molar-refractivity contribution in [3.8, 4) is 0 Å². The Kier molecular flexibility index (Phi) is 6.63. The molecule has 0 unspecified atom stereocenters. The molecular formula is C11H17NO6S. The van der Waals surface area contributed by atoms with Gasteiger partial charge in [-0.05, 0) is 26.0 Å². The second kappa shape index (κ2) is 7.19. The number of hydrogen-bond donors (Lipinski definition) is 3. The van der Waals surface area contributed by atoms with E-state index in [1.165, 1.54) is 19.1 Å². The standard InChI is InChI=1S/C7H8O3S.C4H9NO3/c1-6-2-4-7(5-3-6)11(8,9)10;1-2(6)3(5)4(7)8/h2-5H,1H3,(H,8,9,10);2-3,6H,5H2,1H3,(H,7,8)/t;2-,3-/m.0/s1. The Morgan fingerprint density at radius 1 is 1.32 bits per heavy atom. The van der Waals surface area contributed by atoms with Gasteiger partial charge in [-0.2, -0.15) is 0 Å². The van der Waals surface area contributed by atoms with E-state index in [0.29, 0.717) is 0 Å². The number of benzene rings is 1. The van der Waals surface area contributed by atoms with Crippen LogP contribution < -0.4 is 5.73 Å². The maximum absolute atomic E-state index is 10.4. The molecule has 1 aromatic rings. The number of carbonyl (C=O) groups is 1. The normalized spacial score (nSPS) is 13.9. The van der Waals surface area contributed by atoms with Crippen molar-refractivity contribution >= 4 is 16.1 Å². The van der Waals surface area contributed by atoms with Gasteiger partial charge < -0.3 is 20.5 Å². The third-order valence-electron chi connectivity index (χ3n) is 2.21. The van der Waals surface area contributed by atoms with Crippen molar-refractivity contribution in [1.82, 2.24) is 0 Å². The zero-order valence-electron chi connectivity index (χ0n) is 10.6. The van der Waals surface area contributed by atoms with Crippen molar-refractivity contribution in [3.63, 3.8) is 0 Å². The van der Waals surface area contributed by atoms with Crippen molar-refractivity contribution in [2.24, 2.45) is 0 Å². The monoisotopic (exact) mass is 291 g/mol. The molecule has 1 aromatic carbocycles. The van der Waals surface area contributed by atoms with Gasteiger partial charge in [0, 0.05) is 0 Å². The Morgan fingerprint density at radius 2 is 1.74 bits per heavy atom. The third kappa shape index (κ3) is 6.87. The van der Waals surface area contributed by atoms with E-state index in [9.17, 15) is 17.8 Å². The van der Waals surface area contributed by atoms with Gasteiger partial charge in [0.15, 0.2) is 0 Å². The first-order valence-electron chi connectivity index (χ1n) is 5.32. The van der Waals surface area contributed by atoms with Crippen LogP contribution in [-0.4, -0.2) is 41.3 Å². The predicted molar refractivity (Wildman–Crippen MR) is 65.1 cm³/mol. The molecule has 0 heterocycles. The lowest BCUT2D eigenvalue weighted by molar-refractivity contribution is -0.423. The average molecular weight is 291 g/mol. The fourth-order valence-electron chi connectivity index (χ4n) is 0.911. The number of aliphatic hydroxyl groups excluding tert-OH is 1. The molecule has 5 N–H and O–H groups in total. The van der Waals surface area contributed by atoms with Crippen LogP contribution in [0.2, 0.25) is 0 Å². The molecule has 0 saturated carbocycles. The number of aliphatic carboxylic acids is 1. The van der Waals surface area contributed by atoms with Crippen LogP contribution in [0.3, 0.4) is 0 Å². The third-order valence-corrected chi connectivity index (χ3v) is 3.06. The lowest BCUT2D eigenvalue weighted by Gasteiger charge is -2.05. The molecule has 1 rings (SSSR count). The van der Waals surface area contributed by atoms with Gasteiger partial charge in [0.25, 0.3) is 0 Å². The van der Waals surface area contributed by atoms with Gasteiger partial charge in [0.2, 0.25) is 6.04 Å². The first-order chi connectivity index (χ1) is 8.55. The van der Waals surface area contributed by atoms with Crippen molar-refractivity contribution in [1.29, 1.82) is 0 Å². The second-order valence-electron chi connectivity index (χ2n) is 3.95. The number of aryl methyl sites for hydroxylation is 1. The van der Waals surface area contributed by atoms with E-state index in [1.807, 2.05) is 6.92 Å². The van der Waals surface area contributed by atoms with Crippen molar-refractivity contribution in [2.45, 2.75) is 30.9 Å². The van der Waals surface area contributed by atoms with Gasteiger partial charge in [0.05, 0.1) is 4.90 Å². The summed E-state index contributed by atoms with van der Waals surface area (Å²) in [6.45, 7) is 3.22. The van der Waals surface area contributed by atoms with E-state index >= 15 is 0 Å². The van der Waals surface area contributed by atoms with Crippen LogP contribution >= 0.6 is 0 Å². The second-order valence-corrected chi connectivity index (χ2v) is 5.33. The Morgan fingerprint density at radius 3 is 1.95 bits per heavy atom. The fourth-order valence-corrected chi connectivity index (χ4v) is 1.38. The van der Waals surface area contributed by atoms with Crippen LogP contribution in [-0.2, 0) is 14.9 Å². The molecule has 0 spiro atoms. The van der Waals surface area contributed by atoms with E-state index in [-0.39, 0.29) is 4.90 Å². The Hall–Kier alpha value is -1.48. The van der Waals surface area contributed by atoms with Gasteiger partial charge in [-0.25, -0.2) is 13.2 Å². The summed E-state index contributed by atoms with van der Waals surface area (Å²) in [5, 5.41) is 16.7. The average Bonchev–Trinajstić information content (AvgIpc) is 2.27. The molecule has 0 aromatic heterocycles. The van der Waals surface area contributed by atoms with E-state index < -0.39 is 28.2 Å². The molecule has 0 aliphatic rings. The van der Waals surface area contributed by atoms with Gasteiger partial charge >= 0.3 is 5.97 Å². The molecule has 0 amide bonds. The Balaban J connectivity index is 0.000000362. The summed E-state index contributed by atoms with van der Waals surface area (Å²) < 4.78 is 31.2. The zero-order valence-corrected chi connectivity index (χ0v) is 11.4. The highest BCUT2D eigenvalue weighted by atomic mass is 32.2. The van der Waals surface area contributed by atoms with Crippen molar-refractivity contribution in [3.05, 3.63) is 29.8 Å². The minimum Gasteiger partial charge on any atom is -0.744 e. The molecule has 0 saturated heterocycles. The topological polar surface area (TPSA) is 142 Å². The summed E-state index contributed by atoms with van der Waals surface area (Å²) in [7, 11) is -4.27. The molecule has 19 heavy (non-hydrogen) atoms. The Labute approximate surface area is 111 Å². The summed E-state index contributed by atoms with van der Waals surface area (Å²) in [6.07, 6.45) is -0.868. The number of carboxylic acid groups (broad SMARTS) is 1. The summed E-state index contributed by atoms with van der Waals surface area (Å²) in [4.78, 5) is 9.74. The summed E-state index contributed by atoms with van der Waals surface area (Å²) in [6, 6.07) is 4.88. The van der Waals surface area contributed by atoms with Crippen LogP contribution in [0.15, 0.2) is 29.2 Å². The first kappa shape index (κ1) is 17.5. The number of carboxylic acids is 1. The summed E-state index contributed by atoms with van der Waals surface area (Å²) in [5.74, 6) is -1.07. The predicted octanol–water partition coefficient (Wildman–Crippen LogP) is -1.04. The highest BCUT2D eigenvalue weighted by Gasteiger charge is 2.20. The van der Waals surface area contributed by atoms with E-state index in [4.69, 9.17) is 10.2 Å². The SMILES string of the molecule is C[C@H](O)[C@H]([NH3+])C(=O)O.Cc1ccc(S(=O)(=O)[O-])cc1. The van der Waals surface area contributed by atoms with E-state index in [2.05, 4.69) is 5.73 Å². The van der Waals surface area contributed by atoms with Crippen LogP contribution in [0.1, 0.15) is 12.5 Å². The number of quaternary nitrogens is 1. The molecule has 0 aliphatic heterocycles. The molecule has 0 bridgehead atoms. The number of rotatable bonds is 3. The fraction of sp³-hybridized carbons (Fsp3) is 0.364. The van der Waals surface area contributed by atoms with Gasteiger partial charge in [-0.3, -0.25) is 0 Å². The highest BCUT2D eigenvalue weighted by Crippen LogP contribution is 2.08. The smallest absolute Gasteiger partial charge is 0.365 e. The summed E-state index contributed by atoms with van der Waals surface area (Å²) in [5.41, 5.74) is 4.12. The van der Waals surface area contributed by atoms with E-state index in [1.54, 1.807) is 12.1 Å². The van der Waals surface area contributed by atoms with Gasteiger partial charge in [0.1, 0.15) is 16.2 Å². The molecule has 0 fully saturated rings. The minimum absolute atomic E-state index is 0.178. The lowest BCUT2D eigenvalue weighted by atomic mass is 10.2. The molecule has 0 aliphatic carbocycles. The van der Waals surface area contributed by atoms with Gasteiger partial charge in [-0.1, -0.05) is 17.7 Å². The Bertz CT molecular complexity index is 508. The molecule has 8 heteroatoms. The quantitative estimate of drug-likeness (QED) is 0.607. The van der Waals surface area contributed by atoms with Crippen molar-refractivity contribution < 1.29 is 33.7 Å². The van der Waals surface area contributed by atoms with Gasteiger partial charge in [-0.15, -0.1) is 0 Å². The largest absolute Gasteiger partial charge is 0.744 e. The highest BCUT2D eigenvalue weighted by molar-refractivity contribution is 7.85. The maximum Gasteiger partial charge on any atom is 0.365 e. The number of hydrogen-bond acceptors (Lipinski definition) is 5. The van der Waals surface area contributed by atoms with Crippen LogP contribution in [0, 0.1) is 6.92 Å². The van der Waals surface area contributed by atoms with Crippen LogP contribution in [0.5, 0.6) is 0 Å². The molecule has 108 valence electrons. The molecule has 2 atom stereocenters. The summed E-state index contributed by atoms with van der Waals surface area (Å²) >= 11 is 0.